The Morgan fingerprint density at radius 3 is 2.85 bits per heavy atom. The molecule has 0 radical (unpaired) electrons. The van der Waals surface area contributed by atoms with Crippen molar-refractivity contribution in [1.82, 2.24) is 0 Å². The Kier molecular flexibility index (Phi) is 3.69. The molecule has 1 N–H and O–H groups in total. The average Bonchev–Trinajstić information content (AvgIpc) is 2.85. The summed E-state index contributed by atoms with van der Waals surface area (Å²) < 4.78 is 10.3. The van der Waals surface area contributed by atoms with Gasteiger partial charge in [0, 0.05) is 6.07 Å². The molecule has 0 saturated heterocycles. The van der Waals surface area contributed by atoms with Crippen LogP contribution >= 0.6 is 0 Å². The summed E-state index contributed by atoms with van der Waals surface area (Å²) in [6.45, 7) is 1.53. The molecule has 0 aliphatic carbocycles. The van der Waals surface area contributed by atoms with E-state index >= 15 is 0 Å². The van der Waals surface area contributed by atoms with Crippen molar-refractivity contribution in [2.45, 2.75) is 13.5 Å². The maximum atomic E-state index is 10.9. The topological polar surface area (TPSA) is 103 Å². The quantitative estimate of drug-likeness (QED) is 0.665. The number of aryl methyl sites for hydroxylation is 1. The smallest absolute Gasteiger partial charge is 0.339 e. The number of carboxylic acid groups (broad SMARTS) is 1. The zero-order valence-electron chi connectivity index (χ0n) is 10.5. The minimum atomic E-state index is -1.14. The molecule has 0 aliphatic rings. The second-order valence-electron chi connectivity index (χ2n) is 4.08. The lowest BCUT2D eigenvalue weighted by Crippen LogP contribution is -2.04. The number of hydrogen-bond donors (Lipinski definition) is 1. The van der Waals surface area contributed by atoms with E-state index in [1.807, 2.05) is 0 Å². The molecule has 2 aromatic rings. The van der Waals surface area contributed by atoms with E-state index in [1.165, 1.54) is 24.5 Å². The van der Waals surface area contributed by atoms with Crippen molar-refractivity contribution in [3.63, 3.8) is 0 Å². The van der Waals surface area contributed by atoms with Gasteiger partial charge in [-0.15, -0.1) is 0 Å². The summed E-state index contributed by atoms with van der Waals surface area (Å²) in [5.41, 5.74) is 0.529. The highest BCUT2D eigenvalue weighted by atomic mass is 16.6. The number of nitrogens with zero attached hydrogens (tertiary/aromatic N) is 1. The molecular formula is C13H11NO6. The molecule has 0 amide bonds. The number of hydrogen-bond acceptors (Lipinski definition) is 5. The Morgan fingerprint density at radius 1 is 1.45 bits per heavy atom. The number of ether oxygens (including phenoxy) is 1. The molecule has 0 aliphatic heterocycles. The van der Waals surface area contributed by atoms with E-state index in [1.54, 1.807) is 13.0 Å². The van der Waals surface area contributed by atoms with Crippen LogP contribution in [0.25, 0.3) is 0 Å². The fourth-order valence-electron chi connectivity index (χ4n) is 1.68. The van der Waals surface area contributed by atoms with Gasteiger partial charge >= 0.3 is 11.7 Å². The molecule has 1 aromatic heterocycles. The van der Waals surface area contributed by atoms with Crippen LogP contribution < -0.4 is 4.74 Å². The van der Waals surface area contributed by atoms with Gasteiger partial charge in [-0.1, -0.05) is 6.07 Å². The van der Waals surface area contributed by atoms with Gasteiger partial charge in [0.25, 0.3) is 0 Å². The summed E-state index contributed by atoms with van der Waals surface area (Å²) >= 11 is 0. The number of aromatic carboxylic acids is 1. The molecule has 0 bridgehead atoms. The Hall–Kier alpha value is -2.83. The summed E-state index contributed by atoms with van der Waals surface area (Å²) in [7, 11) is 0. The summed E-state index contributed by atoms with van der Waals surface area (Å²) in [6, 6.07) is 5.82. The van der Waals surface area contributed by atoms with Crippen molar-refractivity contribution in [2.24, 2.45) is 0 Å². The predicted molar refractivity (Wildman–Crippen MR) is 67.8 cm³/mol. The van der Waals surface area contributed by atoms with Gasteiger partial charge in [-0.2, -0.15) is 0 Å². The summed E-state index contributed by atoms with van der Waals surface area (Å²) in [5, 5.41) is 19.8. The minimum absolute atomic E-state index is 0.0280. The number of carboxylic acids is 1. The van der Waals surface area contributed by atoms with E-state index in [0.29, 0.717) is 0 Å². The second-order valence-corrected chi connectivity index (χ2v) is 4.08. The fourth-order valence-corrected chi connectivity index (χ4v) is 1.68. The monoisotopic (exact) mass is 277 g/mol. The zero-order chi connectivity index (χ0) is 14.7. The van der Waals surface area contributed by atoms with Crippen molar-refractivity contribution < 1.29 is 24.0 Å². The minimum Gasteiger partial charge on any atom is -0.479 e. The maximum absolute atomic E-state index is 10.9. The van der Waals surface area contributed by atoms with Gasteiger partial charge in [-0.3, -0.25) is 10.1 Å². The number of carbonyl (C=O) groups is 1. The first-order valence-electron chi connectivity index (χ1n) is 5.66. The third kappa shape index (κ3) is 2.77. The van der Waals surface area contributed by atoms with Gasteiger partial charge in [0.05, 0.1) is 11.2 Å². The first kappa shape index (κ1) is 13.6. The number of nitro benzene ring substituents is 1. The Bertz CT molecular complexity index is 661. The van der Waals surface area contributed by atoms with Crippen LogP contribution in [-0.4, -0.2) is 16.0 Å². The van der Waals surface area contributed by atoms with Crippen LogP contribution in [0.5, 0.6) is 5.75 Å². The first-order valence-corrected chi connectivity index (χ1v) is 5.66. The van der Waals surface area contributed by atoms with Crippen molar-refractivity contribution in [3.8, 4) is 5.75 Å². The highest BCUT2D eigenvalue weighted by molar-refractivity contribution is 5.88. The van der Waals surface area contributed by atoms with Crippen LogP contribution in [0.2, 0.25) is 0 Å². The lowest BCUT2D eigenvalue weighted by Gasteiger charge is -2.06. The molecule has 1 heterocycles. The summed E-state index contributed by atoms with van der Waals surface area (Å²) in [6.07, 6.45) is 1.23. The predicted octanol–water partition coefficient (Wildman–Crippen LogP) is 2.77. The Morgan fingerprint density at radius 2 is 2.20 bits per heavy atom. The van der Waals surface area contributed by atoms with E-state index in [2.05, 4.69) is 0 Å². The highest BCUT2D eigenvalue weighted by Gasteiger charge is 2.18. The molecule has 7 heteroatoms. The van der Waals surface area contributed by atoms with Gasteiger partial charge in [0.2, 0.25) is 0 Å². The maximum Gasteiger partial charge on any atom is 0.339 e. The van der Waals surface area contributed by atoms with E-state index in [0.717, 1.165) is 5.56 Å². The number of benzene rings is 1. The molecule has 0 saturated carbocycles. The normalized spacial score (nSPS) is 10.2. The lowest BCUT2D eigenvalue weighted by molar-refractivity contribution is -0.386. The van der Waals surface area contributed by atoms with E-state index < -0.39 is 10.9 Å². The van der Waals surface area contributed by atoms with Crippen molar-refractivity contribution in [2.75, 3.05) is 0 Å². The van der Waals surface area contributed by atoms with E-state index in [4.69, 9.17) is 14.3 Å². The van der Waals surface area contributed by atoms with Crippen LogP contribution in [0, 0.1) is 17.0 Å². The van der Waals surface area contributed by atoms with Crippen LogP contribution in [0.1, 0.15) is 21.7 Å². The fraction of sp³-hybridized carbons (Fsp3) is 0.154. The molecule has 20 heavy (non-hydrogen) atoms. The molecular weight excluding hydrogens is 266 g/mol. The van der Waals surface area contributed by atoms with Gasteiger partial charge < -0.3 is 14.3 Å². The van der Waals surface area contributed by atoms with Crippen LogP contribution in [0.15, 0.2) is 34.9 Å². The zero-order valence-corrected chi connectivity index (χ0v) is 10.5. The lowest BCUT2D eigenvalue weighted by atomic mass is 10.2. The average molecular weight is 277 g/mol. The Labute approximate surface area is 113 Å². The van der Waals surface area contributed by atoms with Crippen LogP contribution in [-0.2, 0) is 6.61 Å². The van der Waals surface area contributed by atoms with Crippen molar-refractivity contribution in [1.29, 1.82) is 0 Å². The second kappa shape index (κ2) is 5.43. The first-order chi connectivity index (χ1) is 9.49. The number of rotatable bonds is 5. The van der Waals surface area contributed by atoms with Crippen LogP contribution in [0.3, 0.4) is 0 Å². The molecule has 0 spiro atoms. The third-order valence-electron chi connectivity index (χ3n) is 2.65. The molecule has 0 atom stereocenters. The molecule has 7 nitrogen and oxygen atoms in total. The standard InChI is InChI=1S/C13H11NO6/c1-8-2-3-11(10(6-8)14(17)18)20-7-12-9(13(15)16)4-5-19-12/h2-6H,7H2,1H3,(H,15,16). The molecule has 0 fully saturated rings. The molecule has 1 aromatic carbocycles. The van der Waals surface area contributed by atoms with Crippen molar-refractivity contribution >= 4 is 11.7 Å². The highest BCUT2D eigenvalue weighted by Crippen LogP contribution is 2.28. The Balaban J connectivity index is 2.21. The van der Waals surface area contributed by atoms with Crippen LogP contribution in [0.4, 0.5) is 5.69 Å². The number of nitro groups is 1. The summed E-state index contributed by atoms with van der Waals surface area (Å²) in [5.74, 6) is -0.975. The third-order valence-corrected chi connectivity index (χ3v) is 2.65. The molecule has 0 unspecified atom stereocenters. The van der Waals surface area contributed by atoms with Gasteiger partial charge in [0.15, 0.2) is 11.5 Å². The van der Waals surface area contributed by atoms with Gasteiger partial charge in [-0.05, 0) is 24.6 Å². The van der Waals surface area contributed by atoms with Gasteiger partial charge in [0.1, 0.15) is 12.2 Å². The largest absolute Gasteiger partial charge is 0.479 e. The van der Waals surface area contributed by atoms with E-state index in [9.17, 15) is 14.9 Å². The number of furan rings is 1. The molecule has 104 valence electrons. The SMILES string of the molecule is Cc1ccc(OCc2occc2C(=O)O)c([N+](=O)[O-])c1. The van der Waals surface area contributed by atoms with Crippen molar-refractivity contribution in [3.05, 3.63) is 57.5 Å². The molecule has 2 rings (SSSR count). The van der Waals surface area contributed by atoms with E-state index in [-0.39, 0.29) is 29.4 Å². The summed E-state index contributed by atoms with van der Waals surface area (Å²) in [4.78, 5) is 21.3. The van der Waals surface area contributed by atoms with Gasteiger partial charge in [-0.25, -0.2) is 4.79 Å².